The van der Waals surface area contributed by atoms with Crippen molar-refractivity contribution < 1.29 is 9.53 Å². The van der Waals surface area contributed by atoms with Crippen molar-refractivity contribution in [3.8, 4) is 11.1 Å². The van der Waals surface area contributed by atoms with Crippen LogP contribution in [0.3, 0.4) is 0 Å². The number of nitrogens with zero attached hydrogens (tertiary/aromatic N) is 4. The molecule has 3 aromatic heterocycles. The van der Waals surface area contributed by atoms with Gasteiger partial charge in [-0.15, -0.1) is 0 Å². The second-order valence-electron chi connectivity index (χ2n) is 9.34. The van der Waals surface area contributed by atoms with Gasteiger partial charge in [0, 0.05) is 0 Å². The predicted molar refractivity (Wildman–Crippen MR) is 156 cm³/mol. The molecule has 7 nitrogen and oxygen atoms in total. The number of hydrogen-bond acceptors (Lipinski definition) is 6. The summed E-state index contributed by atoms with van der Waals surface area (Å²) in [6, 6.07) is 22.0. The summed E-state index contributed by atoms with van der Waals surface area (Å²) >= 11 is 6.34. The van der Waals surface area contributed by atoms with Crippen molar-refractivity contribution in [2.75, 3.05) is 12.4 Å². The molecule has 0 radical (unpaired) electrons. The van der Waals surface area contributed by atoms with Gasteiger partial charge in [-0.2, -0.15) is 0 Å². The van der Waals surface area contributed by atoms with Gasteiger partial charge in [-0.25, -0.2) is 0 Å². The SMILES string of the molecule is Cc1nnc(N[C@H](C)c2cc(-c3ccccc3CN(C)C(=O)OCc3ccccc3)c[se]2)c2cc(Cl)ncc12. The van der Waals surface area contributed by atoms with Crippen molar-refractivity contribution in [1.82, 2.24) is 20.1 Å². The van der Waals surface area contributed by atoms with Crippen molar-refractivity contribution in [2.45, 2.75) is 33.0 Å². The molecule has 0 fully saturated rings. The zero-order valence-electron chi connectivity index (χ0n) is 21.9. The molecule has 0 unspecified atom stereocenters. The molecule has 1 amide bonds. The summed E-state index contributed by atoms with van der Waals surface area (Å²) < 4.78 is 6.80. The summed E-state index contributed by atoms with van der Waals surface area (Å²) in [6.07, 6.45) is 1.38. The molecule has 0 saturated heterocycles. The first-order valence-corrected chi connectivity index (χ1v) is 14.7. The molecule has 0 bridgehead atoms. The van der Waals surface area contributed by atoms with Crippen LogP contribution in [-0.4, -0.2) is 47.7 Å². The molecule has 3 heterocycles. The predicted octanol–water partition coefficient (Wildman–Crippen LogP) is 6.65. The molecule has 0 spiro atoms. The quantitative estimate of drug-likeness (QED) is 0.158. The van der Waals surface area contributed by atoms with Gasteiger partial charge in [0.15, 0.2) is 0 Å². The molecule has 2 aromatic carbocycles. The van der Waals surface area contributed by atoms with Crippen molar-refractivity contribution in [1.29, 1.82) is 0 Å². The van der Waals surface area contributed by atoms with E-state index in [1.54, 1.807) is 18.1 Å². The maximum atomic E-state index is 12.7. The molecule has 9 heteroatoms. The number of carbonyl (C=O) groups is 1. The van der Waals surface area contributed by atoms with Gasteiger partial charge in [-0.1, -0.05) is 6.07 Å². The van der Waals surface area contributed by atoms with Gasteiger partial charge in [0.05, 0.1) is 0 Å². The number of hydrogen-bond donors (Lipinski definition) is 1. The molecule has 5 rings (SSSR count). The Morgan fingerprint density at radius 1 is 1.08 bits per heavy atom. The van der Waals surface area contributed by atoms with E-state index in [1.807, 2.05) is 55.5 Å². The third kappa shape index (κ3) is 6.31. The zero-order valence-corrected chi connectivity index (χ0v) is 24.4. The molecule has 198 valence electrons. The van der Waals surface area contributed by atoms with Crippen molar-refractivity contribution >= 4 is 48.8 Å². The fraction of sp³-hybridized carbons (Fsp3) is 0.200. The molecule has 0 aliphatic rings. The summed E-state index contributed by atoms with van der Waals surface area (Å²) in [5, 5.41) is 14.5. The second-order valence-corrected chi connectivity index (χ2v) is 11.7. The van der Waals surface area contributed by atoms with Gasteiger partial charge in [0.1, 0.15) is 0 Å². The number of nitrogens with one attached hydrogen (secondary N) is 1. The topological polar surface area (TPSA) is 80.2 Å². The Balaban J connectivity index is 1.30. The Hall–Kier alpha value is -3.71. The summed E-state index contributed by atoms with van der Waals surface area (Å²) in [7, 11) is 1.76. The van der Waals surface area contributed by atoms with E-state index in [2.05, 4.69) is 50.6 Å². The molecule has 0 saturated carbocycles. The zero-order chi connectivity index (χ0) is 27.4. The van der Waals surface area contributed by atoms with Crippen molar-refractivity contribution in [3.05, 3.63) is 104 Å². The summed E-state index contributed by atoms with van der Waals surface area (Å²) in [6.45, 7) is 4.74. The van der Waals surface area contributed by atoms with Gasteiger partial charge >= 0.3 is 233 Å². The van der Waals surface area contributed by atoms with Gasteiger partial charge < -0.3 is 0 Å². The van der Waals surface area contributed by atoms with E-state index in [1.165, 1.54) is 4.44 Å². The first-order chi connectivity index (χ1) is 18.9. The van der Waals surface area contributed by atoms with Crippen LogP contribution in [0, 0.1) is 6.92 Å². The van der Waals surface area contributed by atoms with Crippen LogP contribution in [0.15, 0.2) is 77.9 Å². The van der Waals surface area contributed by atoms with Crippen LogP contribution in [0.2, 0.25) is 5.15 Å². The number of anilines is 1. The number of carbonyl (C=O) groups excluding carboxylic acids is 1. The number of rotatable bonds is 8. The Bertz CT molecular complexity index is 1610. The van der Waals surface area contributed by atoms with E-state index in [0.29, 0.717) is 17.5 Å². The Kier molecular flexibility index (Phi) is 8.27. The van der Waals surface area contributed by atoms with Crippen molar-refractivity contribution in [3.63, 3.8) is 0 Å². The van der Waals surface area contributed by atoms with Crippen LogP contribution in [0.5, 0.6) is 0 Å². The first kappa shape index (κ1) is 26.9. The standard InChI is InChI=1S/C30H28ClN5O2Se/c1-19-26-15-32-28(31)14-25(26)29(35-34-19)33-20(2)27-13-23(18-39-27)24-12-8-7-11-22(24)16-36(3)30(37)38-17-21-9-5-4-6-10-21/h4-15,18,20H,16-17H2,1-3H3,(H,33,35)/t20-/m1/s1. The van der Waals surface area contributed by atoms with Crippen LogP contribution in [0.1, 0.15) is 34.2 Å². The molecule has 39 heavy (non-hydrogen) atoms. The fourth-order valence-electron chi connectivity index (χ4n) is 4.34. The summed E-state index contributed by atoms with van der Waals surface area (Å²) in [5.41, 5.74) is 5.11. The third-order valence-corrected chi connectivity index (χ3v) is 9.01. The van der Waals surface area contributed by atoms with E-state index in [-0.39, 0.29) is 33.2 Å². The van der Waals surface area contributed by atoms with Crippen molar-refractivity contribution in [2.24, 2.45) is 0 Å². The van der Waals surface area contributed by atoms with Crippen LogP contribution >= 0.6 is 11.6 Å². The van der Waals surface area contributed by atoms with Crippen LogP contribution in [-0.2, 0) is 17.9 Å². The normalized spacial score (nSPS) is 11.8. The first-order valence-electron chi connectivity index (χ1n) is 12.5. The average Bonchev–Trinajstić information content (AvgIpc) is 3.44. The number of benzene rings is 2. The number of aryl methyl sites for hydroxylation is 1. The molecular weight excluding hydrogens is 577 g/mol. The average molecular weight is 605 g/mol. The number of aromatic nitrogens is 3. The van der Waals surface area contributed by atoms with Crippen LogP contribution in [0.4, 0.5) is 10.6 Å². The minimum absolute atomic E-state index is 0.0497. The van der Waals surface area contributed by atoms with Gasteiger partial charge in [-0.3, -0.25) is 0 Å². The molecule has 0 aliphatic carbocycles. The van der Waals surface area contributed by atoms with Gasteiger partial charge in [0.25, 0.3) is 0 Å². The third-order valence-electron chi connectivity index (χ3n) is 6.47. The Morgan fingerprint density at radius 3 is 2.67 bits per heavy atom. The Morgan fingerprint density at radius 2 is 1.85 bits per heavy atom. The van der Waals surface area contributed by atoms with E-state index < -0.39 is 0 Å². The van der Waals surface area contributed by atoms with Crippen LogP contribution in [0.25, 0.3) is 21.9 Å². The maximum absolute atomic E-state index is 12.7. The van der Waals surface area contributed by atoms with Gasteiger partial charge in [-0.05, 0) is 0 Å². The van der Waals surface area contributed by atoms with E-state index in [4.69, 9.17) is 16.3 Å². The Labute approximate surface area is 238 Å². The second kappa shape index (κ2) is 12.0. The summed E-state index contributed by atoms with van der Waals surface area (Å²) in [4.78, 5) is 20.7. The molecule has 0 aliphatic heterocycles. The summed E-state index contributed by atoms with van der Waals surface area (Å²) in [5.74, 6) is 0.689. The number of pyridine rings is 1. The number of amides is 1. The number of ether oxygens (including phenoxy) is 1. The molecule has 1 atom stereocenters. The van der Waals surface area contributed by atoms with E-state index in [9.17, 15) is 4.79 Å². The fourth-order valence-corrected chi connectivity index (χ4v) is 6.42. The monoisotopic (exact) mass is 605 g/mol. The molecule has 5 aromatic rings. The number of fused-ring (bicyclic) bond motifs is 1. The number of halogens is 1. The van der Waals surface area contributed by atoms with Gasteiger partial charge in [0.2, 0.25) is 0 Å². The van der Waals surface area contributed by atoms with E-state index in [0.717, 1.165) is 38.7 Å². The molecule has 1 N–H and O–H groups in total. The van der Waals surface area contributed by atoms with Crippen LogP contribution < -0.4 is 5.32 Å². The van der Waals surface area contributed by atoms with E-state index >= 15 is 0 Å². The minimum atomic E-state index is -0.353. The molecular formula is C30H28ClN5O2Se.